The molecule has 0 aliphatic carbocycles. The molecule has 1 N–H and O–H groups in total. The van der Waals surface area contributed by atoms with E-state index in [9.17, 15) is 9.59 Å². The molecule has 0 radical (unpaired) electrons. The Morgan fingerprint density at radius 2 is 1.41 bits per heavy atom. The third kappa shape index (κ3) is 5.29. The van der Waals surface area contributed by atoms with E-state index in [1.807, 2.05) is 30.3 Å². The zero-order valence-electron chi connectivity index (χ0n) is 17.0. The minimum atomic E-state index is -0.279. The van der Waals surface area contributed by atoms with Gasteiger partial charge in [0.2, 0.25) is 5.91 Å². The number of carbonyl (C=O) groups excluding carboxylic acids is 2. The summed E-state index contributed by atoms with van der Waals surface area (Å²) in [4.78, 5) is 25.2. The van der Waals surface area contributed by atoms with Crippen molar-refractivity contribution in [2.75, 3.05) is 5.32 Å². The van der Waals surface area contributed by atoms with Gasteiger partial charge in [-0.25, -0.2) is 0 Å². The van der Waals surface area contributed by atoms with Gasteiger partial charge in [-0.1, -0.05) is 87.5 Å². The standard InChI is InChI=1S/C26H25NO2/c1-26(2,3)21-16-13-19(14-17-21)15-18-24(28)27-23-12-8-7-11-22(23)25(29)20-9-5-4-6-10-20/h4-18H,1-3H3,(H,27,28)/b18-15+. The van der Waals surface area contributed by atoms with Gasteiger partial charge in [0.05, 0.1) is 5.69 Å². The molecular formula is C26H25NO2. The summed E-state index contributed by atoms with van der Waals surface area (Å²) in [6.45, 7) is 6.50. The van der Waals surface area contributed by atoms with Crippen LogP contribution in [0.2, 0.25) is 0 Å². The Morgan fingerprint density at radius 3 is 2.07 bits per heavy atom. The number of rotatable bonds is 5. The molecule has 0 fully saturated rings. The van der Waals surface area contributed by atoms with Gasteiger partial charge in [-0.3, -0.25) is 9.59 Å². The number of hydrogen-bond donors (Lipinski definition) is 1. The molecule has 0 saturated heterocycles. The lowest BCUT2D eigenvalue weighted by atomic mass is 9.87. The lowest BCUT2D eigenvalue weighted by molar-refractivity contribution is -0.111. The van der Waals surface area contributed by atoms with Gasteiger partial charge in [-0.05, 0) is 34.8 Å². The van der Waals surface area contributed by atoms with Crippen LogP contribution in [0.4, 0.5) is 5.69 Å². The molecule has 3 aromatic carbocycles. The first-order chi connectivity index (χ1) is 13.8. The smallest absolute Gasteiger partial charge is 0.248 e. The van der Waals surface area contributed by atoms with E-state index in [4.69, 9.17) is 0 Å². The number of ketones is 1. The molecule has 0 aromatic heterocycles. The summed E-state index contributed by atoms with van der Waals surface area (Å²) in [6, 6.07) is 24.2. The van der Waals surface area contributed by atoms with E-state index in [0.717, 1.165) is 5.56 Å². The topological polar surface area (TPSA) is 46.2 Å². The number of carbonyl (C=O) groups is 2. The van der Waals surface area contributed by atoms with Crippen LogP contribution >= 0.6 is 0 Å². The highest BCUT2D eigenvalue weighted by Crippen LogP contribution is 2.23. The van der Waals surface area contributed by atoms with Crippen LogP contribution in [0.25, 0.3) is 6.08 Å². The van der Waals surface area contributed by atoms with E-state index >= 15 is 0 Å². The minimum Gasteiger partial charge on any atom is -0.322 e. The summed E-state index contributed by atoms with van der Waals surface area (Å²) in [5.41, 5.74) is 3.83. The number of anilines is 1. The van der Waals surface area contributed by atoms with E-state index in [2.05, 4.69) is 38.2 Å². The highest BCUT2D eigenvalue weighted by Gasteiger charge is 2.14. The maximum atomic E-state index is 12.8. The van der Waals surface area contributed by atoms with Crippen LogP contribution in [0.1, 0.15) is 47.8 Å². The summed E-state index contributed by atoms with van der Waals surface area (Å²) in [6.07, 6.45) is 3.25. The summed E-state index contributed by atoms with van der Waals surface area (Å²) in [7, 11) is 0. The minimum absolute atomic E-state index is 0.0919. The van der Waals surface area contributed by atoms with Crippen molar-refractivity contribution in [1.29, 1.82) is 0 Å². The van der Waals surface area contributed by atoms with E-state index < -0.39 is 0 Å². The van der Waals surface area contributed by atoms with Gasteiger partial charge in [-0.2, -0.15) is 0 Å². The molecule has 3 rings (SSSR count). The summed E-state index contributed by atoms with van der Waals surface area (Å²) in [5, 5.41) is 2.82. The Bertz CT molecular complexity index is 1030. The molecule has 0 saturated carbocycles. The van der Waals surface area contributed by atoms with Crippen LogP contribution in [-0.4, -0.2) is 11.7 Å². The van der Waals surface area contributed by atoms with Crippen LogP contribution in [0, 0.1) is 0 Å². The van der Waals surface area contributed by atoms with Gasteiger partial charge in [-0.15, -0.1) is 0 Å². The molecule has 0 atom stereocenters. The van der Waals surface area contributed by atoms with E-state index in [-0.39, 0.29) is 17.1 Å². The van der Waals surface area contributed by atoms with Gasteiger partial charge < -0.3 is 5.32 Å². The van der Waals surface area contributed by atoms with E-state index in [1.165, 1.54) is 11.6 Å². The number of benzene rings is 3. The summed E-state index contributed by atoms with van der Waals surface area (Å²) in [5.74, 6) is -0.401. The molecule has 0 aliphatic heterocycles. The fourth-order valence-corrected chi connectivity index (χ4v) is 2.98. The summed E-state index contributed by atoms with van der Waals surface area (Å²) < 4.78 is 0. The van der Waals surface area contributed by atoms with Crippen LogP contribution in [0.5, 0.6) is 0 Å². The van der Waals surface area contributed by atoms with Crippen molar-refractivity contribution in [1.82, 2.24) is 0 Å². The third-order valence-corrected chi connectivity index (χ3v) is 4.67. The number of para-hydroxylation sites is 1. The fourth-order valence-electron chi connectivity index (χ4n) is 2.98. The average Bonchev–Trinajstić information content (AvgIpc) is 2.72. The van der Waals surface area contributed by atoms with Crippen LogP contribution in [-0.2, 0) is 10.2 Å². The van der Waals surface area contributed by atoms with Crippen molar-refractivity contribution in [2.24, 2.45) is 0 Å². The first kappa shape index (κ1) is 20.3. The highest BCUT2D eigenvalue weighted by atomic mass is 16.1. The quantitative estimate of drug-likeness (QED) is 0.442. The van der Waals surface area contributed by atoms with Crippen LogP contribution in [0.3, 0.4) is 0 Å². The Morgan fingerprint density at radius 1 is 0.793 bits per heavy atom. The van der Waals surface area contributed by atoms with Crippen LogP contribution in [0.15, 0.2) is 84.9 Å². The Kier molecular flexibility index (Phi) is 6.08. The molecule has 146 valence electrons. The zero-order valence-corrected chi connectivity index (χ0v) is 17.0. The van der Waals surface area contributed by atoms with Gasteiger partial charge >= 0.3 is 0 Å². The predicted molar refractivity (Wildman–Crippen MR) is 119 cm³/mol. The van der Waals surface area contributed by atoms with E-state index in [1.54, 1.807) is 42.5 Å². The second-order valence-corrected chi connectivity index (χ2v) is 7.94. The number of hydrogen-bond acceptors (Lipinski definition) is 2. The first-order valence-corrected chi connectivity index (χ1v) is 9.63. The van der Waals surface area contributed by atoms with Crippen molar-refractivity contribution in [2.45, 2.75) is 26.2 Å². The zero-order chi connectivity index (χ0) is 20.9. The van der Waals surface area contributed by atoms with Gasteiger partial charge in [0.25, 0.3) is 0 Å². The number of nitrogens with one attached hydrogen (secondary N) is 1. The second-order valence-electron chi connectivity index (χ2n) is 7.94. The van der Waals surface area contributed by atoms with Crippen molar-refractivity contribution >= 4 is 23.5 Å². The lowest BCUT2D eigenvalue weighted by Gasteiger charge is -2.18. The molecule has 0 heterocycles. The third-order valence-electron chi connectivity index (χ3n) is 4.67. The van der Waals surface area contributed by atoms with Crippen molar-refractivity contribution in [3.05, 3.63) is 107 Å². The summed E-state index contributed by atoms with van der Waals surface area (Å²) >= 11 is 0. The molecule has 0 aliphatic rings. The van der Waals surface area contributed by atoms with Gasteiger partial charge in [0, 0.05) is 17.2 Å². The molecule has 0 unspecified atom stereocenters. The first-order valence-electron chi connectivity index (χ1n) is 9.63. The maximum Gasteiger partial charge on any atom is 0.248 e. The average molecular weight is 383 g/mol. The molecule has 29 heavy (non-hydrogen) atoms. The number of amides is 1. The molecular weight excluding hydrogens is 358 g/mol. The highest BCUT2D eigenvalue weighted by molar-refractivity contribution is 6.14. The molecule has 0 bridgehead atoms. The Hall–Kier alpha value is -3.46. The molecule has 3 nitrogen and oxygen atoms in total. The van der Waals surface area contributed by atoms with E-state index in [0.29, 0.717) is 16.8 Å². The molecule has 3 aromatic rings. The molecule has 1 amide bonds. The monoisotopic (exact) mass is 383 g/mol. The maximum absolute atomic E-state index is 12.8. The van der Waals surface area contributed by atoms with Crippen molar-refractivity contribution in [3.8, 4) is 0 Å². The van der Waals surface area contributed by atoms with Gasteiger partial charge in [0.1, 0.15) is 0 Å². The van der Waals surface area contributed by atoms with Gasteiger partial charge in [0.15, 0.2) is 5.78 Å². The largest absolute Gasteiger partial charge is 0.322 e. The van der Waals surface area contributed by atoms with Crippen molar-refractivity contribution in [3.63, 3.8) is 0 Å². The molecule has 0 spiro atoms. The lowest BCUT2D eigenvalue weighted by Crippen LogP contribution is -2.12. The normalized spacial score (nSPS) is 11.4. The van der Waals surface area contributed by atoms with Crippen LogP contribution < -0.4 is 5.32 Å². The second kappa shape index (κ2) is 8.70. The van der Waals surface area contributed by atoms with Crippen molar-refractivity contribution < 1.29 is 9.59 Å². The Labute approximate surface area is 172 Å². The predicted octanol–water partition coefficient (Wildman–Crippen LogP) is 5.87. The SMILES string of the molecule is CC(C)(C)c1ccc(/C=C/C(=O)Nc2ccccc2C(=O)c2ccccc2)cc1. The molecule has 3 heteroatoms. The Balaban J connectivity index is 1.73. The fraction of sp³-hybridized carbons (Fsp3) is 0.154.